The van der Waals surface area contributed by atoms with Gasteiger partial charge in [0.25, 0.3) is 0 Å². The summed E-state index contributed by atoms with van der Waals surface area (Å²) in [4.78, 5) is 15.4. The first kappa shape index (κ1) is 22.1. The second kappa shape index (κ2) is 8.24. The van der Waals surface area contributed by atoms with Crippen molar-refractivity contribution in [1.29, 1.82) is 0 Å². The minimum atomic E-state index is -1.12. The van der Waals surface area contributed by atoms with Gasteiger partial charge in [-0.2, -0.15) is 0 Å². The fourth-order valence-corrected chi connectivity index (χ4v) is 5.38. The van der Waals surface area contributed by atoms with Gasteiger partial charge in [-0.1, -0.05) is 36.4 Å². The van der Waals surface area contributed by atoms with Gasteiger partial charge in [-0.3, -0.25) is 0 Å². The first-order chi connectivity index (χ1) is 16.4. The average molecular weight is 455 g/mol. The van der Waals surface area contributed by atoms with E-state index in [1.807, 2.05) is 68.4 Å². The third kappa shape index (κ3) is 3.03. The lowest BCUT2D eigenvalue weighted by atomic mass is 9.78. The highest BCUT2D eigenvalue weighted by atomic mass is 16.6. The molecule has 1 aromatic heterocycles. The first-order valence-electron chi connectivity index (χ1n) is 11.8. The van der Waals surface area contributed by atoms with E-state index in [1.54, 1.807) is 0 Å². The topological polar surface area (TPSA) is 43.7 Å². The number of benzene rings is 3. The zero-order chi connectivity index (χ0) is 24.0. The molecule has 0 saturated carbocycles. The molecule has 0 bridgehead atoms. The summed E-state index contributed by atoms with van der Waals surface area (Å²) in [5.41, 5.74) is 5.37. The molecule has 5 heteroatoms. The molecule has 0 aliphatic carbocycles. The van der Waals surface area contributed by atoms with Crippen LogP contribution in [0, 0.1) is 6.92 Å². The Morgan fingerprint density at radius 3 is 2.44 bits per heavy atom. The smallest absolute Gasteiger partial charge is 0.340 e. The van der Waals surface area contributed by atoms with Crippen molar-refractivity contribution < 1.29 is 14.3 Å². The minimum absolute atomic E-state index is 0.317. The van der Waals surface area contributed by atoms with Gasteiger partial charge in [0, 0.05) is 65.7 Å². The monoisotopic (exact) mass is 454 g/mol. The maximum absolute atomic E-state index is 13.3. The first-order valence-corrected chi connectivity index (χ1v) is 11.8. The fourth-order valence-electron chi connectivity index (χ4n) is 5.38. The number of carbonyl (C=O) groups is 1. The average Bonchev–Trinajstić information content (AvgIpc) is 3.30. The van der Waals surface area contributed by atoms with Crippen LogP contribution in [-0.4, -0.2) is 31.2 Å². The van der Waals surface area contributed by atoms with Crippen molar-refractivity contribution in [1.82, 2.24) is 4.57 Å². The lowest BCUT2D eigenvalue weighted by Crippen LogP contribution is -2.31. The van der Waals surface area contributed by atoms with E-state index in [0.717, 1.165) is 45.5 Å². The number of fused-ring (bicyclic) bond motifs is 2. The Hall–Kier alpha value is -3.73. The Labute approximate surface area is 200 Å². The molecular weight excluding hydrogens is 424 g/mol. The van der Waals surface area contributed by atoms with Crippen molar-refractivity contribution in [2.75, 3.05) is 25.6 Å². The summed E-state index contributed by atoms with van der Waals surface area (Å²) in [6.45, 7) is 7.55. The quantitative estimate of drug-likeness (QED) is 0.341. The maximum atomic E-state index is 13.3. The summed E-state index contributed by atoms with van der Waals surface area (Å²) >= 11 is 0. The van der Waals surface area contributed by atoms with Crippen LogP contribution in [0.15, 0.2) is 66.7 Å². The van der Waals surface area contributed by atoms with Gasteiger partial charge in [0.05, 0.1) is 12.2 Å². The SMILES string of the molecule is CCOc1cc(N(C)C)ccc1C1(c2c(C)n(CC)c3ccccc23)OC(=O)c2ccccc21. The fraction of sp³-hybridized carbons (Fsp3) is 0.276. The number of esters is 1. The Kier molecular flexibility index (Phi) is 5.35. The summed E-state index contributed by atoms with van der Waals surface area (Å²) < 4.78 is 15.0. The third-order valence-corrected chi connectivity index (χ3v) is 6.83. The highest BCUT2D eigenvalue weighted by Crippen LogP contribution is 2.53. The molecule has 34 heavy (non-hydrogen) atoms. The lowest BCUT2D eigenvalue weighted by molar-refractivity contribution is 0.0246. The Balaban J connectivity index is 1.94. The molecular formula is C29H30N2O3. The summed E-state index contributed by atoms with van der Waals surface area (Å²) in [5.74, 6) is 0.397. The number of anilines is 1. The number of hydrogen-bond acceptors (Lipinski definition) is 4. The van der Waals surface area contributed by atoms with E-state index in [0.29, 0.717) is 17.9 Å². The van der Waals surface area contributed by atoms with E-state index < -0.39 is 5.60 Å². The van der Waals surface area contributed by atoms with E-state index in [-0.39, 0.29) is 5.97 Å². The van der Waals surface area contributed by atoms with E-state index in [4.69, 9.17) is 9.47 Å². The van der Waals surface area contributed by atoms with Crippen molar-refractivity contribution in [2.24, 2.45) is 0 Å². The van der Waals surface area contributed by atoms with Gasteiger partial charge in [0.2, 0.25) is 0 Å². The zero-order valence-corrected chi connectivity index (χ0v) is 20.4. The molecule has 0 amide bonds. The van der Waals surface area contributed by atoms with Gasteiger partial charge in [-0.25, -0.2) is 4.79 Å². The number of aromatic nitrogens is 1. The standard InChI is InChI=1S/C29H30N2O3/c1-6-31-19(3)27(22-13-9-11-15-25(22)31)29(23-14-10-8-12-21(23)28(32)34-29)24-17-16-20(30(4)5)18-26(24)33-7-2/h8-18H,6-7H2,1-5H3. The van der Waals surface area contributed by atoms with Gasteiger partial charge in [-0.15, -0.1) is 0 Å². The molecule has 1 atom stereocenters. The molecule has 0 saturated heterocycles. The Morgan fingerprint density at radius 2 is 1.71 bits per heavy atom. The number of cyclic esters (lactones) is 1. The van der Waals surface area contributed by atoms with Crippen LogP contribution in [0.3, 0.4) is 0 Å². The second-order valence-corrected chi connectivity index (χ2v) is 8.85. The van der Waals surface area contributed by atoms with E-state index in [1.165, 1.54) is 0 Å². The summed E-state index contributed by atoms with van der Waals surface area (Å²) in [5, 5.41) is 1.07. The highest BCUT2D eigenvalue weighted by Gasteiger charge is 2.52. The van der Waals surface area contributed by atoms with Crippen LogP contribution in [-0.2, 0) is 16.9 Å². The number of carbonyl (C=O) groups excluding carboxylic acids is 1. The van der Waals surface area contributed by atoms with Crippen LogP contribution in [0.1, 0.15) is 46.6 Å². The minimum Gasteiger partial charge on any atom is -0.493 e. The van der Waals surface area contributed by atoms with Gasteiger partial charge in [-0.05, 0) is 45.0 Å². The predicted octanol–water partition coefficient (Wildman–Crippen LogP) is 5.90. The van der Waals surface area contributed by atoms with Crippen LogP contribution >= 0.6 is 0 Å². The molecule has 5 nitrogen and oxygen atoms in total. The Morgan fingerprint density at radius 1 is 0.971 bits per heavy atom. The summed E-state index contributed by atoms with van der Waals surface area (Å²) in [7, 11) is 4.01. The zero-order valence-electron chi connectivity index (χ0n) is 20.4. The molecule has 1 aliphatic rings. The summed E-state index contributed by atoms with van der Waals surface area (Å²) in [6.07, 6.45) is 0. The number of para-hydroxylation sites is 1. The molecule has 5 rings (SSSR count). The predicted molar refractivity (Wildman–Crippen MR) is 136 cm³/mol. The van der Waals surface area contributed by atoms with Crippen LogP contribution in [0.25, 0.3) is 10.9 Å². The van der Waals surface area contributed by atoms with Crippen molar-refractivity contribution in [2.45, 2.75) is 32.9 Å². The second-order valence-electron chi connectivity index (χ2n) is 8.85. The molecule has 1 aliphatic heterocycles. The number of hydrogen-bond donors (Lipinski definition) is 0. The molecule has 0 radical (unpaired) electrons. The van der Waals surface area contributed by atoms with Gasteiger partial charge < -0.3 is 18.9 Å². The van der Waals surface area contributed by atoms with Crippen LogP contribution in [0.2, 0.25) is 0 Å². The van der Waals surface area contributed by atoms with Crippen molar-refractivity contribution in [3.05, 3.63) is 94.7 Å². The third-order valence-electron chi connectivity index (χ3n) is 6.83. The normalized spacial score (nSPS) is 17.0. The molecule has 0 N–H and O–H groups in total. The number of ether oxygens (including phenoxy) is 2. The molecule has 2 heterocycles. The van der Waals surface area contributed by atoms with Gasteiger partial charge >= 0.3 is 5.97 Å². The lowest BCUT2D eigenvalue weighted by Gasteiger charge is -2.32. The maximum Gasteiger partial charge on any atom is 0.340 e. The van der Waals surface area contributed by atoms with Crippen molar-refractivity contribution in [3.63, 3.8) is 0 Å². The van der Waals surface area contributed by atoms with Crippen molar-refractivity contribution in [3.8, 4) is 5.75 Å². The largest absolute Gasteiger partial charge is 0.493 e. The molecule has 1 unspecified atom stereocenters. The highest BCUT2D eigenvalue weighted by molar-refractivity contribution is 5.99. The van der Waals surface area contributed by atoms with E-state index in [9.17, 15) is 4.79 Å². The summed E-state index contributed by atoms with van der Waals surface area (Å²) in [6, 6.07) is 22.2. The van der Waals surface area contributed by atoms with Crippen LogP contribution < -0.4 is 9.64 Å². The molecule has 174 valence electrons. The molecule has 3 aromatic carbocycles. The molecule has 0 fully saturated rings. The van der Waals surface area contributed by atoms with Gasteiger partial charge in [0.15, 0.2) is 5.60 Å². The van der Waals surface area contributed by atoms with Crippen LogP contribution in [0.5, 0.6) is 5.75 Å². The molecule has 0 spiro atoms. The van der Waals surface area contributed by atoms with E-state index in [2.05, 4.69) is 42.7 Å². The number of aryl methyl sites for hydroxylation is 1. The van der Waals surface area contributed by atoms with Crippen LogP contribution in [0.4, 0.5) is 5.69 Å². The van der Waals surface area contributed by atoms with Gasteiger partial charge in [0.1, 0.15) is 5.75 Å². The number of rotatable bonds is 6. The number of nitrogens with zero attached hydrogens (tertiary/aromatic N) is 2. The Bertz CT molecular complexity index is 1400. The van der Waals surface area contributed by atoms with Crippen molar-refractivity contribution >= 4 is 22.6 Å². The van der Waals surface area contributed by atoms with E-state index >= 15 is 0 Å². The molecule has 4 aromatic rings.